The molecule has 33 heavy (non-hydrogen) atoms. The first kappa shape index (κ1) is 20.3. The number of para-hydroxylation sites is 1. The molecule has 2 aromatic carbocycles. The number of aromatic nitrogens is 5. The number of aromatic amines is 1. The van der Waals surface area contributed by atoms with Gasteiger partial charge in [-0.15, -0.1) is 10.2 Å². The van der Waals surface area contributed by atoms with Crippen molar-refractivity contribution in [2.45, 2.75) is 36.4 Å². The minimum Gasteiger partial charge on any atom is -0.376 e. The molecule has 6 rings (SSSR count). The fraction of sp³-hybridized carbons (Fsp3) is 0.240. The highest BCUT2D eigenvalue weighted by atomic mass is 32.2. The van der Waals surface area contributed by atoms with Gasteiger partial charge < -0.3 is 14.2 Å². The van der Waals surface area contributed by atoms with Crippen molar-refractivity contribution in [2.24, 2.45) is 0 Å². The molecule has 4 heterocycles. The molecule has 0 radical (unpaired) electrons. The van der Waals surface area contributed by atoms with E-state index in [9.17, 15) is 0 Å². The summed E-state index contributed by atoms with van der Waals surface area (Å²) < 4.78 is 13.7. The fourth-order valence-electron chi connectivity index (χ4n) is 4.26. The molecule has 0 saturated carbocycles. The summed E-state index contributed by atoms with van der Waals surface area (Å²) >= 11 is 1.62. The monoisotopic (exact) mass is 457 g/mol. The molecule has 5 aromatic rings. The molecule has 0 bridgehead atoms. The van der Waals surface area contributed by atoms with E-state index in [4.69, 9.17) is 9.26 Å². The number of fused-ring (bicyclic) bond motifs is 1. The van der Waals surface area contributed by atoms with Crippen LogP contribution in [0.1, 0.15) is 18.5 Å². The van der Waals surface area contributed by atoms with E-state index in [1.165, 1.54) is 0 Å². The van der Waals surface area contributed by atoms with Crippen LogP contribution in [0.3, 0.4) is 0 Å². The standard InChI is InChI=1S/C25H23N5O2S/c1-2-7-17(8-3-1)23-13-18(29-32-23)16-33-25-28-27-24(30(25)15-19-9-6-12-31-19)21-14-26-22-11-5-4-10-20(21)22/h1-5,7-8,10-11,13-14,19,26H,6,9,12,15-16H2. The Kier molecular flexibility index (Phi) is 5.45. The van der Waals surface area contributed by atoms with E-state index in [1.807, 2.05) is 54.7 Å². The Bertz CT molecular complexity index is 1370. The summed E-state index contributed by atoms with van der Waals surface area (Å²) in [5, 5.41) is 15.4. The maximum atomic E-state index is 5.94. The minimum atomic E-state index is 0.182. The molecule has 7 nitrogen and oxygen atoms in total. The first-order valence-electron chi connectivity index (χ1n) is 11.1. The molecule has 1 unspecified atom stereocenters. The van der Waals surface area contributed by atoms with Crippen molar-refractivity contribution < 1.29 is 9.26 Å². The van der Waals surface area contributed by atoms with Gasteiger partial charge in [-0.05, 0) is 18.9 Å². The maximum Gasteiger partial charge on any atom is 0.191 e. The van der Waals surface area contributed by atoms with Gasteiger partial charge in [-0.3, -0.25) is 4.57 Å². The fourth-order valence-corrected chi connectivity index (χ4v) is 5.09. The average molecular weight is 458 g/mol. The minimum absolute atomic E-state index is 0.182. The van der Waals surface area contributed by atoms with Crippen molar-refractivity contribution in [1.82, 2.24) is 24.9 Å². The maximum absolute atomic E-state index is 5.94. The van der Waals surface area contributed by atoms with Crippen molar-refractivity contribution in [1.29, 1.82) is 0 Å². The second-order valence-electron chi connectivity index (χ2n) is 8.14. The zero-order valence-electron chi connectivity index (χ0n) is 18.0. The van der Waals surface area contributed by atoms with E-state index in [-0.39, 0.29) is 6.10 Å². The SMILES string of the molecule is c1ccc(-c2cc(CSc3nnc(-c4c[nH]c5ccccc45)n3CC3CCCO3)no2)cc1. The van der Waals surface area contributed by atoms with Gasteiger partial charge in [0.05, 0.1) is 18.3 Å². The normalized spacial score (nSPS) is 16.1. The lowest BCUT2D eigenvalue weighted by Crippen LogP contribution is -2.16. The zero-order valence-corrected chi connectivity index (χ0v) is 18.8. The van der Waals surface area contributed by atoms with Crippen LogP contribution < -0.4 is 0 Å². The summed E-state index contributed by atoms with van der Waals surface area (Å²) in [6.45, 7) is 1.55. The quantitative estimate of drug-likeness (QED) is 0.323. The zero-order chi connectivity index (χ0) is 22.0. The Hall–Kier alpha value is -3.36. The molecule has 0 aliphatic carbocycles. The smallest absolute Gasteiger partial charge is 0.191 e. The van der Waals surface area contributed by atoms with Crippen molar-refractivity contribution in [3.8, 4) is 22.7 Å². The lowest BCUT2D eigenvalue weighted by atomic mass is 10.1. The van der Waals surface area contributed by atoms with Crippen molar-refractivity contribution in [2.75, 3.05) is 6.61 Å². The van der Waals surface area contributed by atoms with Gasteiger partial charge in [-0.25, -0.2) is 0 Å². The third-order valence-electron chi connectivity index (χ3n) is 5.92. The predicted molar refractivity (Wildman–Crippen MR) is 128 cm³/mol. The molecule has 0 amide bonds. The summed E-state index contributed by atoms with van der Waals surface area (Å²) in [6, 6.07) is 20.3. The van der Waals surface area contributed by atoms with E-state index in [0.29, 0.717) is 5.75 Å². The van der Waals surface area contributed by atoms with Crippen molar-refractivity contribution in [3.05, 3.63) is 72.6 Å². The molecular formula is C25H23N5O2S. The van der Waals surface area contributed by atoms with Crippen LogP contribution in [-0.2, 0) is 17.0 Å². The molecule has 166 valence electrons. The topological polar surface area (TPSA) is 81.8 Å². The number of H-pyrrole nitrogens is 1. The van der Waals surface area contributed by atoms with Gasteiger partial charge in [0, 0.05) is 46.7 Å². The van der Waals surface area contributed by atoms with Crippen LogP contribution in [0.5, 0.6) is 0 Å². The van der Waals surface area contributed by atoms with E-state index >= 15 is 0 Å². The van der Waals surface area contributed by atoms with Crippen LogP contribution in [0.4, 0.5) is 0 Å². The first-order valence-corrected chi connectivity index (χ1v) is 12.1. The van der Waals surface area contributed by atoms with E-state index in [2.05, 4.69) is 37.0 Å². The molecule has 1 atom stereocenters. The van der Waals surface area contributed by atoms with Crippen LogP contribution in [0.2, 0.25) is 0 Å². The molecule has 1 saturated heterocycles. The molecule has 1 fully saturated rings. The molecule has 1 N–H and O–H groups in total. The van der Waals surface area contributed by atoms with Crippen LogP contribution in [0, 0.1) is 0 Å². The van der Waals surface area contributed by atoms with Crippen molar-refractivity contribution >= 4 is 22.7 Å². The lowest BCUT2D eigenvalue weighted by molar-refractivity contribution is 0.0953. The number of thioether (sulfide) groups is 1. The van der Waals surface area contributed by atoms with Gasteiger partial charge >= 0.3 is 0 Å². The predicted octanol–water partition coefficient (Wildman–Crippen LogP) is 5.55. The first-order chi connectivity index (χ1) is 16.3. The molecule has 8 heteroatoms. The number of nitrogens with zero attached hydrogens (tertiary/aromatic N) is 4. The second-order valence-corrected chi connectivity index (χ2v) is 9.08. The van der Waals surface area contributed by atoms with Gasteiger partial charge in [-0.1, -0.05) is 65.4 Å². The third kappa shape index (κ3) is 4.07. The summed E-state index contributed by atoms with van der Waals surface area (Å²) in [7, 11) is 0. The molecule has 3 aromatic heterocycles. The molecule has 1 aliphatic heterocycles. The van der Waals surface area contributed by atoms with E-state index in [0.717, 1.165) is 70.5 Å². The largest absolute Gasteiger partial charge is 0.376 e. The van der Waals surface area contributed by atoms with E-state index < -0.39 is 0 Å². The van der Waals surface area contributed by atoms with Crippen LogP contribution in [-0.4, -0.2) is 37.6 Å². The Morgan fingerprint density at radius 1 is 1.06 bits per heavy atom. The molecule has 1 aliphatic rings. The van der Waals surface area contributed by atoms with Gasteiger partial charge in [0.1, 0.15) is 0 Å². The van der Waals surface area contributed by atoms with Gasteiger partial charge in [0.15, 0.2) is 16.7 Å². The van der Waals surface area contributed by atoms with E-state index in [1.54, 1.807) is 11.8 Å². The summed E-state index contributed by atoms with van der Waals surface area (Å²) in [4.78, 5) is 3.35. The Morgan fingerprint density at radius 3 is 2.82 bits per heavy atom. The number of hydrogen-bond donors (Lipinski definition) is 1. The highest BCUT2D eigenvalue weighted by Crippen LogP contribution is 2.32. The Balaban J connectivity index is 1.29. The Morgan fingerprint density at radius 2 is 1.94 bits per heavy atom. The average Bonchev–Trinajstić information content (AvgIpc) is 3.66. The summed E-state index contributed by atoms with van der Waals surface area (Å²) in [5.74, 6) is 2.27. The number of rotatable bonds is 7. The molecular weight excluding hydrogens is 434 g/mol. The van der Waals surface area contributed by atoms with Crippen LogP contribution in [0.15, 0.2) is 76.5 Å². The van der Waals surface area contributed by atoms with Gasteiger partial charge in [-0.2, -0.15) is 0 Å². The van der Waals surface area contributed by atoms with Crippen molar-refractivity contribution in [3.63, 3.8) is 0 Å². The summed E-state index contributed by atoms with van der Waals surface area (Å²) in [6.07, 6.45) is 4.35. The number of ether oxygens (including phenoxy) is 1. The molecule has 0 spiro atoms. The van der Waals surface area contributed by atoms with Crippen LogP contribution in [0.25, 0.3) is 33.6 Å². The third-order valence-corrected chi connectivity index (χ3v) is 6.92. The number of benzene rings is 2. The highest BCUT2D eigenvalue weighted by Gasteiger charge is 2.23. The number of hydrogen-bond acceptors (Lipinski definition) is 6. The Labute approximate surface area is 195 Å². The van der Waals surface area contributed by atoms with Crippen LogP contribution >= 0.6 is 11.8 Å². The van der Waals surface area contributed by atoms with Gasteiger partial charge in [0.2, 0.25) is 0 Å². The second kappa shape index (κ2) is 8.88. The highest BCUT2D eigenvalue weighted by molar-refractivity contribution is 7.98. The summed E-state index contributed by atoms with van der Waals surface area (Å²) in [5.41, 5.74) is 4.03. The number of nitrogens with one attached hydrogen (secondary N) is 1. The van der Waals surface area contributed by atoms with Gasteiger partial charge in [0.25, 0.3) is 0 Å². The lowest BCUT2D eigenvalue weighted by Gasteiger charge is -2.14.